The summed E-state index contributed by atoms with van der Waals surface area (Å²) in [6.45, 7) is 0. The van der Waals surface area contributed by atoms with E-state index in [1.54, 1.807) is 12.2 Å². The highest BCUT2D eigenvalue weighted by Gasteiger charge is 2.30. The Kier molecular flexibility index (Phi) is 4.22. The van der Waals surface area contributed by atoms with Crippen LogP contribution in [0.3, 0.4) is 0 Å². The van der Waals surface area contributed by atoms with Crippen LogP contribution < -0.4 is 0 Å². The summed E-state index contributed by atoms with van der Waals surface area (Å²) >= 11 is 8.50. The van der Waals surface area contributed by atoms with Gasteiger partial charge in [-0.25, -0.2) is 0 Å². The minimum atomic E-state index is -4.31. The monoisotopic (exact) mass is 298 g/mol. The highest BCUT2D eigenvalue weighted by Crippen LogP contribution is 2.32. The van der Waals surface area contributed by atoms with Gasteiger partial charge in [0.05, 0.1) is 5.56 Å². The molecule has 0 unspecified atom stereocenters. The Bertz CT molecular complexity index is 371. The first-order valence-electron chi connectivity index (χ1n) is 4.04. The largest absolute Gasteiger partial charge is 0.416 e. The molecule has 0 heterocycles. The molecule has 0 nitrogen and oxygen atoms in total. The van der Waals surface area contributed by atoms with Gasteiger partial charge in [0, 0.05) is 10.4 Å². The van der Waals surface area contributed by atoms with Crippen LogP contribution in [0.1, 0.15) is 11.1 Å². The van der Waals surface area contributed by atoms with Gasteiger partial charge < -0.3 is 0 Å². The van der Waals surface area contributed by atoms with Crippen molar-refractivity contribution in [2.75, 3.05) is 5.88 Å². The third kappa shape index (κ3) is 3.54. The number of rotatable bonds is 2. The quantitative estimate of drug-likeness (QED) is 0.693. The molecule has 1 aromatic carbocycles. The summed E-state index contributed by atoms with van der Waals surface area (Å²) in [6, 6.07) is 3.49. The van der Waals surface area contributed by atoms with Crippen LogP contribution in [-0.2, 0) is 6.18 Å². The molecular weight excluding hydrogens is 292 g/mol. The highest BCUT2D eigenvalue weighted by atomic mass is 79.9. The Hall–Kier alpha value is -0.480. The predicted molar refractivity (Wildman–Crippen MR) is 58.9 cm³/mol. The van der Waals surface area contributed by atoms with Crippen molar-refractivity contribution in [3.63, 3.8) is 0 Å². The second-order valence-corrected chi connectivity index (χ2v) is 3.95. The number of hydrogen-bond donors (Lipinski definition) is 0. The highest BCUT2D eigenvalue weighted by molar-refractivity contribution is 9.10. The van der Waals surface area contributed by atoms with Crippen LogP contribution in [0.5, 0.6) is 0 Å². The topological polar surface area (TPSA) is 0 Å². The average molecular weight is 300 g/mol. The summed E-state index contributed by atoms with van der Waals surface area (Å²) in [7, 11) is 0. The van der Waals surface area contributed by atoms with Gasteiger partial charge in [0.2, 0.25) is 0 Å². The third-order valence-corrected chi connectivity index (χ3v) is 2.58. The van der Waals surface area contributed by atoms with Crippen LogP contribution >= 0.6 is 27.5 Å². The van der Waals surface area contributed by atoms with Crippen LogP contribution in [0.4, 0.5) is 13.2 Å². The summed E-state index contributed by atoms with van der Waals surface area (Å²) < 4.78 is 37.3. The van der Waals surface area contributed by atoms with Crippen LogP contribution in [-0.4, -0.2) is 5.88 Å². The number of hydrogen-bond acceptors (Lipinski definition) is 0. The second-order valence-electron chi connectivity index (χ2n) is 2.79. The summed E-state index contributed by atoms with van der Waals surface area (Å²) in [5.74, 6) is 0.327. The van der Waals surface area contributed by atoms with E-state index in [1.807, 2.05) is 0 Å². The molecule has 0 bridgehead atoms. The van der Waals surface area contributed by atoms with Crippen molar-refractivity contribution in [3.05, 3.63) is 39.9 Å². The van der Waals surface area contributed by atoms with E-state index < -0.39 is 11.7 Å². The van der Waals surface area contributed by atoms with E-state index in [2.05, 4.69) is 15.9 Å². The predicted octanol–water partition coefficient (Wildman–Crippen LogP) is 4.72. The Morgan fingerprint density at radius 3 is 2.47 bits per heavy atom. The Balaban J connectivity index is 3.04. The number of allylic oxidation sites excluding steroid dienone is 1. The van der Waals surface area contributed by atoms with Crippen LogP contribution in [0.2, 0.25) is 0 Å². The third-order valence-electron chi connectivity index (χ3n) is 1.71. The minimum absolute atomic E-state index is 0.327. The Labute approximate surface area is 98.9 Å². The van der Waals surface area contributed by atoms with Crippen molar-refractivity contribution in [2.24, 2.45) is 0 Å². The smallest absolute Gasteiger partial charge is 0.166 e. The zero-order chi connectivity index (χ0) is 11.5. The van der Waals surface area contributed by atoms with Gasteiger partial charge in [-0.15, -0.1) is 11.6 Å². The van der Waals surface area contributed by atoms with Gasteiger partial charge in [0.15, 0.2) is 0 Å². The lowest BCUT2D eigenvalue weighted by atomic mass is 10.1. The van der Waals surface area contributed by atoms with Crippen LogP contribution in [0.25, 0.3) is 6.08 Å². The Morgan fingerprint density at radius 1 is 1.33 bits per heavy atom. The molecule has 15 heavy (non-hydrogen) atoms. The standard InChI is InChI=1S/C10H7BrClF3/c11-9-6-8(10(13,14)15)4-3-7(9)2-1-5-12/h1-4,6H,5H2. The average Bonchev–Trinajstić information content (AvgIpc) is 2.14. The van der Waals surface area contributed by atoms with Crippen molar-refractivity contribution in [3.8, 4) is 0 Å². The molecule has 0 N–H and O–H groups in total. The molecule has 82 valence electrons. The van der Waals surface area contributed by atoms with Crippen LogP contribution in [0, 0.1) is 0 Å². The van der Waals surface area contributed by atoms with Gasteiger partial charge >= 0.3 is 6.18 Å². The molecule has 0 atom stereocenters. The summed E-state index contributed by atoms with van der Waals surface area (Å²) in [4.78, 5) is 0. The Morgan fingerprint density at radius 2 is 2.00 bits per heavy atom. The van der Waals surface area contributed by atoms with E-state index in [4.69, 9.17) is 11.6 Å². The van der Waals surface area contributed by atoms with Crippen molar-refractivity contribution in [1.82, 2.24) is 0 Å². The zero-order valence-electron chi connectivity index (χ0n) is 7.48. The molecule has 0 saturated carbocycles. The van der Waals surface area contributed by atoms with Crippen LogP contribution in [0.15, 0.2) is 28.7 Å². The maximum atomic E-state index is 12.3. The number of alkyl halides is 4. The summed E-state index contributed by atoms with van der Waals surface area (Å²) in [5.41, 5.74) is 0.000971. The lowest BCUT2D eigenvalue weighted by Gasteiger charge is -2.07. The lowest BCUT2D eigenvalue weighted by molar-refractivity contribution is -0.137. The van der Waals surface area contributed by atoms with Gasteiger partial charge in [0.25, 0.3) is 0 Å². The minimum Gasteiger partial charge on any atom is -0.166 e. The van der Waals surface area contributed by atoms with E-state index in [-0.39, 0.29) is 0 Å². The van der Waals surface area contributed by atoms with Gasteiger partial charge in [0.1, 0.15) is 0 Å². The van der Waals surface area contributed by atoms with E-state index in [9.17, 15) is 13.2 Å². The summed E-state index contributed by atoms with van der Waals surface area (Å²) in [6.07, 6.45) is -0.983. The van der Waals surface area contributed by atoms with Crippen molar-refractivity contribution in [1.29, 1.82) is 0 Å². The molecule has 0 aromatic heterocycles. The molecule has 1 rings (SSSR count). The molecule has 0 fully saturated rings. The molecule has 0 amide bonds. The van der Waals surface area contributed by atoms with Gasteiger partial charge in [-0.2, -0.15) is 13.2 Å². The zero-order valence-corrected chi connectivity index (χ0v) is 9.83. The van der Waals surface area contributed by atoms with E-state index in [0.29, 0.717) is 15.9 Å². The fraction of sp³-hybridized carbons (Fsp3) is 0.200. The molecule has 0 aliphatic heterocycles. The van der Waals surface area contributed by atoms with Gasteiger partial charge in [-0.3, -0.25) is 0 Å². The maximum absolute atomic E-state index is 12.3. The first-order chi connectivity index (χ1) is 6.95. The van der Waals surface area contributed by atoms with E-state index in [1.165, 1.54) is 6.07 Å². The molecule has 0 aliphatic rings. The van der Waals surface area contributed by atoms with Crippen molar-refractivity contribution >= 4 is 33.6 Å². The lowest BCUT2D eigenvalue weighted by Crippen LogP contribution is -2.04. The van der Waals surface area contributed by atoms with E-state index >= 15 is 0 Å². The van der Waals surface area contributed by atoms with Crippen molar-refractivity contribution in [2.45, 2.75) is 6.18 Å². The molecule has 0 spiro atoms. The SMILES string of the molecule is FC(F)(F)c1ccc(C=CCCl)c(Br)c1. The fourth-order valence-electron chi connectivity index (χ4n) is 1.01. The first kappa shape index (κ1) is 12.6. The molecule has 5 heteroatoms. The fourth-order valence-corrected chi connectivity index (χ4v) is 1.61. The van der Waals surface area contributed by atoms with E-state index in [0.717, 1.165) is 12.1 Å². The normalized spacial score (nSPS) is 12.3. The van der Waals surface area contributed by atoms with Gasteiger partial charge in [-0.05, 0) is 17.7 Å². The molecular formula is C10H7BrClF3. The molecule has 0 aliphatic carbocycles. The second kappa shape index (κ2) is 5.03. The maximum Gasteiger partial charge on any atom is 0.416 e. The first-order valence-corrected chi connectivity index (χ1v) is 5.37. The number of halogens is 5. The number of benzene rings is 1. The van der Waals surface area contributed by atoms with Crippen molar-refractivity contribution < 1.29 is 13.2 Å². The summed E-state index contributed by atoms with van der Waals surface area (Å²) in [5, 5.41) is 0. The molecule has 0 radical (unpaired) electrons. The van der Waals surface area contributed by atoms with Gasteiger partial charge in [-0.1, -0.05) is 34.1 Å². The molecule has 0 saturated heterocycles. The molecule has 1 aromatic rings.